The van der Waals surface area contributed by atoms with Gasteiger partial charge < -0.3 is 20.2 Å². The van der Waals surface area contributed by atoms with Crippen molar-refractivity contribution in [1.29, 1.82) is 0 Å². The molecule has 2 aliphatic heterocycles. The highest BCUT2D eigenvalue weighted by atomic mass is 32.1. The molecule has 2 aliphatic rings. The summed E-state index contributed by atoms with van der Waals surface area (Å²) in [5.41, 5.74) is 1.35. The summed E-state index contributed by atoms with van der Waals surface area (Å²) in [6.45, 7) is 3.77. The number of urea groups is 1. The molecule has 0 radical (unpaired) electrons. The Morgan fingerprint density at radius 1 is 1.20 bits per heavy atom. The number of aliphatic hydroxyl groups is 1. The Bertz CT molecular complexity index is 1200. The van der Waals surface area contributed by atoms with E-state index in [1.165, 1.54) is 28.2 Å². The number of benzene rings is 1. The number of amides is 2. The molecule has 2 aromatic heterocycles. The molecule has 2 amide bonds. The van der Waals surface area contributed by atoms with Gasteiger partial charge in [-0.1, -0.05) is 12.1 Å². The lowest BCUT2D eigenvalue weighted by Crippen LogP contribution is -2.44. The highest BCUT2D eigenvalue weighted by Gasteiger charge is 2.40. The summed E-state index contributed by atoms with van der Waals surface area (Å²) in [7, 11) is 0. The largest absolute Gasteiger partial charge is 0.391 e. The van der Waals surface area contributed by atoms with E-state index >= 15 is 0 Å². The first-order chi connectivity index (χ1) is 16.9. The maximum Gasteiger partial charge on any atom is 0.320 e. The van der Waals surface area contributed by atoms with E-state index < -0.39 is 6.10 Å². The van der Waals surface area contributed by atoms with Crippen molar-refractivity contribution < 1.29 is 19.1 Å². The van der Waals surface area contributed by atoms with Crippen molar-refractivity contribution in [1.82, 2.24) is 24.6 Å². The van der Waals surface area contributed by atoms with Gasteiger partial charge in [-0.3, -0.25) is 4.79 Å². The summed E-state index contributed by atoms with van der Waals surface area (Å²) in [5, 5.41) is 21.1. The van der Waals surface area contributed by atoms with Crippen LogP contribution in [0.1, 0.15) is 47.4 Å². The Morgan fingerprint density at radius 2 is 2.00 bits per heavy atom. The number of nitrogens with one attached hydrogen (secondary N) is 1. The fourth-order valence-electron chi connectivity index (χ4n) is 4.69. The molecular formula is C24H27FN6O3S. The number of hydrogen-bond acceptors (Lipinski definition) is 7. The van der Waals surface area contributed by atoms with Crippen LogP contribution in [0.4, 0.5) is 15.1 Å². The number of thiophene rings is 1. The number of β-amino-alcohol motifs (C(OH)–C–C–N with tert-alkyl or cyclic N) is 1. The number of aromatic nitrogens is 3. The van der Waals surface area contributed by atoms with Gasteiger partial charge in [-0.15, -0.1) is 5.10 Å². The number of nitrogens with zero attached hydrogens (tertiary/aromatic N) is 5. The predicted octanol–water partition coefficient (Wildman–Crippen LogP) is 3.14. The average Bonchev–Trinajstić information content (AvgIpc) is 3.65. The molecule has 2 N–H and O–H groups in total. The Kier molecular flexibility index (Phi) is 6.52. The molecule has 2 fully saturated rings. The summed E-state index contributed by atoms with van der Waals surface area (Å²) in [5.74, 6) is 0.0647. The minimum atomic E-state index is -0.470. The van der Waals surface area contributed by atoms with Crippen molar-refractivity contribution in [3.05, 3.63) is 63.9 Å². The van der Waals surface area contributed by atoms with Crippen LogP contribution in [0.25, 0.3) is 0 Å². The van der Waals surface area contributed by atoms with Crippen LogP contribution in [0.2, 0.25) is 0 Å². The average molecular weight is 499 g/mol. The molecule has 0 bridgehead atoms. The molecule has 4 heterocycles. The number of carbonyl (C=O) groups is 2. The molecule has 9 nitrogen and oxygen atoms in total. The standard InChI is InChI=1S/C24H27FN6O3S/c1-15-20(7-10-30(15)24(34)29-9-6-19(32)13-29)21-27-23(26-12-16-2-4-18(25)5-3-16)31(28-21)22(33)17-8-11-35-14-17/h2-5,8,11,14-15,19-20,32H,6-7,9-10,12-13H2,1H3,(H,26,27,28). The Balaban J connectivity index is 1.37. The van der Waals surface area contributed by atoms with Crippen molar-refractivity contribution in [2.45, 2.75) is 44.4 Å². The summed E-state index contributed by atoms with van der Waals surface area (Å²) >= 11 is 1.42. The monoisotopic (exact) mass is 498 g/mol. The van der Waals surface area contributed by atoms with E-state index in [1.807, 2.05) is 12.3 Å². The van der Waals surface area contributed by atoms with Crippen LogP contribution in [-0.4, -0.2) is 73.4 Å². The Hall–Kier alpha value is -3.31. The van der Waals surface area contributed by atoms with Crippen molar-refractivity contribution >= 4 is 29.2 Å². The SMILES string of the molecule is CC1C(c2nc(NCc3ccc(F)cc3)n(C(=O)c3ccsc3)n2)CCN1C(=O)N1CCC(O)C1. The zero-order chi connectivity index (χ0) is 24.5. The summed E-state index contributed by atoms with van der Waals surface area (Å²) in [4.78, 5) is 34.3. The summed E-state index contributed by atoms with van der Waals surface area (Å²) < 4.78 is 14.5. The number of rotatable bonds is 5. The van der Waals surface area contributed by atoms with E-state index in [-0.39, 0.29) is 29.7 Å². The van der Waals surface area contributed by atoms with Crippen molar-refractivity contribution in [3.8, 4) is 0 Å². The van der Waals surface area contributed by atoms with Gasteiger partial charge in [-0.05, 0) is 48.9 Å². The Morgan fingerprint density at radius 3 is 2.69 bits per heavy atom. The van der Waals surface area contributed by atoms with Crippen LogP contribution in [0.15, 0.2) is 41.1 Å². The number of carbonyl (C=O) groups excluding carboxylic acids is 2. The van der Waals surface area contributed by atoms with E-state index in [2.05, 4.69) is 15.4 Å². The van der Waals surface area contributed by atoms with Gasteiger partial charge in [0, 0.05) is 43.5 Å². The van der Waals surface area contributed by atoms with Crippen LogP contribution < -0.4 is 5.32 Å². The van der Waals surface area contributed by atoms with Crippen LogP contribution in [0.3, 0.4) is 0 Å². The number of aliphatic hydroxyl groups excluding tert-OH is 1. The number of halogens is 1. The molecule has 2 saturated heterocycles. The molecule has 0 spiro atoms. The van der Waals surface area contributed by atoms with Gasteiger partial charge in [0.05, 0.1) is 11.7 Å². The zero-order valence-electron chi connectivity index (χ0n) is 19.3. The highest BCUT2D eigenvalue weighted by molar-refractivity contribution is 7.08. The fraction of sp³-hybridized carbons (Fsp3) is 0.417. The van der Waals surface area contributed by atoms with Crippen LogP contribution in [-0.2, 0) is 6.54 Å². The second-order valence-electron chi connectivity index (χ2n) is 9.00. The molecule has 35 heavy (non-hydrogen) atoms. The van der Waals surface area contributed by atoms with E-state index in [0.29, 0.717) is 56.4 Å². The maximum atomic E-state index is 13.3. The first-order valence-corrected chi connectivity index (χ1v) is 12.6. The normalized spacial score (nSPS) is 22.1. The van der Waals surface area contributed by atoms with Gasteiger partial charge in [0.25, 0.3) is 5.91 Å². The van der Waals surface area contributed by atoms with Crippen LogP contribution in [0.5, 0.6) is 0 Å². The third-order valence-electron chi connectivity index (χ3n) is 6.71. The number of likely N-dealkylation sites (tertiary alicyclic amines) is 2. The lowest BCUT2D eigenvalue weighted by molar-refractivity contribution is 0.0947. The van der Waals surface area contributed by atoms with Gasteiger partial charge in [-0.25, -0.2) is 9.18 Å². The van der Waals surface area contributed by atoms with E-state index in [4.69, 9.17) is 0 Å². The lowest BCUT2D eigenvalue weighted by atomic mass is 10.0. The second kappa shape index (κ2) is 9.74. The minimum absolute atomic E-state index is 0.0833. The van der Waals surface area contributed by atoms with Crippen LogP contribution in [0, 0.1) is 5.82 Å². The smallest absolute Gasteiger partial charge is 0.320 e. The molecule has 3 unspecified atom stereocenters. The molecule has 3 atom stereocenters. The summed E-state index contributed by atoms with van der Waals surface area (Å²) in [6.07, 6.45) is 0.803. The van der Waals surface area contributed by atoms with Gasteiger partial charge in [-0.2, -0.15) is 21.0 Å². The first kappa shape index (κ1) is 23.4. The van der Waals surface area contributed by atoms with Crippen LogP contribution >= 0.6 is 11.3 Å². The molecule has 3 aromatic rings. The second-order valence-corrected chi connectivity index (χ2v) is 9.78. The van der Waals surface area contributed by atoms with E-state index in [9.17, 15) is 19.1 Å². The maximum absolute atomic E-state index is 13.3. The molecule has 0 saturated carbocycles. The van der Waals surface area contributed by atoms with Gasteiger partial charge in [0.1, 0.15) is 5.82 Å². The number of anilines is 1. The summed E-state index contributed by atoms with van der Waals surface area (Å²) in [6, 6.07) is 7.60. The fourth-order valence-corrected chi connectivity index (χ4v) is 5.31. The quantitative estimate of drug-likeness (QED) is 0.560. The molecule has 0 aliphatic carbocycles. The third-order valence-corrected chi connectivity index (χ3v) is 7.40. The van der Waals surface area contributed by atoms with Gasteiger partial charge >= 0.3 is 6.03 Å². The molecule has 5 rings (SSSR count). The van der Waals surface area contributed by atoms with Crippen molar-refractivity contribution in [2.24, 2.45) is 0 Å². The molecule has 1 aromatic carbocycles. The van der Waals surface area contributed by atoms with Gasteiger partial charge in [0.2, 0.25) is 5.95 Å². The molecule has 184 valence electrons. The van der Waals surface area contributed by atoms with Gasteiger partial charge in [0.15, 0.2) is 5.82 Å². The molecular weight excluding hydrogens is 471 g/mol. The van der Waals surface area contributed by atoms with E-state index in [1.54, 1.807) is 33.4 Å². The topological polar surface area (TPSA) is 104 Å². The first-order valence-electron chi connectivity index (χ1n) is 11.7. The highest BCUT2D eigenvalue weighted by Crippen LogP contribution is 2.33. The Labute approximate surface area is 206 Å². The number of hydrogen-bond donors (Lipinski definition) is 2. The van der Waals surface area contributed by atoms with Crippen molar-refractivity contribution in [3.63, 3.8) is 0 Å². The minimum Gasteiger partial charge on any atom is -0.391 e. The lowest BCUT2D eigenvalue weighted by Gasteiger charge is -2.28. The third kappa shape index (κ3) is 4.78. The predicted molar refractivity (Wildman–Crippen MR) is 129 cm³/mol. The molecule has 11 heteroatoms. The van der Waals surface area contributed by atoms with E-state index in [0.717, 1.165) is 5.56 Å². The zero-order valence-corrected chi connectivity index (χ0v) is 20.1. The van der Waals surface area contributed by atoms with Crippen molar-refractivity contribution in [2.75, 3.05) is 25.0 Å².